The number of rotatable bonds is 3. The number of nitrogens with one attached hydrogen (secondary N) is 2. The Morgan fingerprint density at radius 1 is 1.50 bits per heavy atom. The Hall–Kier alpha value is 0.200. The first-order valence-electron chi connectivity index (χ1n) is 5.74. The van der Waals surface area contributed by atoms with E-state index in [4.69, 9.17) is 0 Å². The van der Waals surface area contributed by atoms with Crippen molar-refractivity contribution in [2.75, 3.05) is 19.6 Å². The summed E-state index contributed by atoms with van der Waals surface area (Å²) in [5, 5.41) is 6.36. The summed E-state index contributed by atoms with van der Waals surface area (Å²) in [4.78, 5) is 12.4. The largest absolute Gasteiger partial charge is 0.355 e. The van der Waals surface area contributed by atoms with Crippen molar-refractivity contribution >= 4 is 34.2 Å². The van der Waals surface area contributed by atoms with Gasteiger partial charge in [0, 0.05) is 17.3 Å². The summed E-state index contributed by atoms with van der Waals surface area (Å²) >= 11 is 3.59. The van der Waals surface area contributed by atoms with Crippen LogP contribution >= 0.6 is 28.3 Å². The Labute approximate surface area is 112 Å². The Kier molecular flexibility index (Phi) is 5.08. The number of carbonyl (C=O) groups is 1. The fourth-order valence-corrected chi connectivity index (χ4v) is 2.95. The monoisotopic (exact) mass is 310 g/mol. The van der Waals surface area contributed by atoms with Crippen LogP contribution in [0.5, 0.6) is 0 Å². The SMILES string of the molecule is CC1(CNC(=O)C2CCNCC2)CC1Br.Cl. The molecule has 2 unspecified atom stereocenters. The molecule has 0 bridgehead atoms. The quantitative estimate of drug-likeness (QED) is 0.779. The van der Waals surface area contributed by atoms with E-state index in [-0.39, 0.29) is 24.2 Å². The van der Waals surface area contributed by atoms with Gasteiger partial charge in [-0.3, -0.25) is 4.79 Å². The standard InChI is InChI=1S/C11H19BrN2O.ClH/c1-11(6-9(11)12)7-14-10(15)8-2-4-13-5-3-8;/h8-9,13H,2-7H2,1H3,(H,14,15);1H. The summed E-state index contributed by atoms with van der Waals surface area (Å²) in [6.45, 7) is 5.01. The molecule has 5 heteroatoms. The molecule has 3 nitrogen and oxygen atoms in total. The number of amides is 1. The molecule has 1 saturated carbocycles. The molecule has 2 atom stereocenters. The average molecular weight is 312 g/mol. The van der Waals surface area contributed by atoms with Gasteiger partial charge in [0.15, 0.2) is 0 Å². The molecule has 0 spiro atoms. The summed E-state index contributed by atoms with van der Waals surface area (Å²) < 4.78 is 0. The van der Waals surface area contributed by atoms with E-state index < -0.39 is 0 Å². The first-order chi connectivity index (χ1) is 7.12. The maximum absolute atomic E-state index is 11.8. The minimum Gasteiger partial charge on any atom is -0.355 e. The second-order valence-electron chi connectivity index (χ2n) is 5.07. The Balaban J connectivity index is 0.00000128. The van der Waals surface area contributed by atoms with Crippen molar-refractivity contribution in [1.29, 1.82) is 0 Å². The van der Waals surface area contributed by atoms with Crippen molar-refractivity contribution in [3.63, 3.8) is 0 Å². The molecule has 0 aromatic heterocycles. The van der Waals surface area contributed by atoms with Crippen molar-refractivity contribution in [3.05, 3.63) is 0 Å². The predicted octanol–water partition coefficient (Wildman–Crippen LogP) is 1.70. The molecule has 94 valence electrons. The molecule has 0 aromatic rings. The molecule has 1 aliphatic carbocycles. The van der Waals surface area contributed by atoms with Crippen LogP contribution in [0.3, 0.4) is 0 Å². The van der Waals surface area contributed by atoms with E-state index in [0.717, 1.165) is 32.5 Å². The maximum Gasteiger partial charge on any atom is 0.223 e. The number of piperidine rings is 1. The van der Waals surface area contributed by atoms with Crippen LogP contribution in [0.25, 0.3) is 0 Å². The minimum absolute atomic E-state index is 0. The van der Waals surface area contributed by atoms with Crippen molar-refractivity contribution in [3.8, 4) is 0 Å². The highest BCUT2D eigenvalue weighted by atomic mass is 79.9. The minimum atomic E-state index is 0. The topological polar surface area (TPSA) is 41.1 Å². The zero-order valence-corrected chi connectivity index (χ0v) is 12.0. The lowest BCUT2D eigenvalue weighted by atomic mass is 9.97. The van der Waals surface area contributed by atoms with Crippen LogP contribution in [-0.2, 0) is 4.79 Å². The van der Waals surface area contributed by atoms with E-state index in [9.17, 15) is 4.79 Å². The Morgan fingerprint density at radius 3 is 2.56 bits per heavy atom. The van der Waals surface area contributed by atoms with Gasteiger partial charge >= 0.3 is 0 Å². The summed E-state index contributed by atoms with van der Waals surface area (Å²) in [6, 6.07) is 0. The lowest BCUT2D eigenvalue weighted by molar-refractivity contribution is -0.125. The second kappa shape index (κ2) is 5.69. The van der Waals surface area contributed by atoms with Gasteiger partial charge in [0.2, 0.25) is 5.91 Å². The molecular formula is C11H20BrClN2O. The smallest absolute Gasteiger partial charge is 0.223 e. The number of halogens is 2. The van der Waals surface area contributed by atoms with Crippen molar-refractivity contribution < 1.29 is 4.79 Å². The second-order valence-corrected chi connectivity index (χ2v) is 6.17. The van der Waals surface area contributed by atoms with E-state index in [1.54, 1.807) is 0 Å². The van der Waals surface area contributed by atoms with Gasteiger partial charge in [-0.1, -0.05) is 22.9 Å². The van der Waals surface area contributed by atoms with Crippen molar-refractivity contribution in [2.24, 2.45) is 11.3 Å². The van der Waals surface area contributed by atoms with Crippen molar-refractivity contribution in [2.45, 2.75) is 31.0 Å². The van der Waals surface area contributed by atoms with Gasteiger partial charge in [0.25, 0.3) is 0 Å². The van der Waals surface area contributed by atoms with Crippen LogP contribution in [0.1, 0.15) is 26.2 Å². The van der Waals surface area contributed by atoms with Crippen molar-refractivity contribution in [1.82, 2.24) is 10.6 Å². The van der Waals surface area contributed by atoms with Crippen LogP contribution in [0.2, 0.25) is 0 Å². The number of carbonyl (C=O) groups excluding carboxylic acids is 1. The number of hydrogen-bond donors (Lipinski definition) is 2. The van der Waals surface area contributed by atoms with E-state index in [1.165, 1.54) is 6.42 Å². The summed E-state index contributed by atoms with van der Waals surface area (Å²) in [6.07, 6.45) is 3.15. The van der Waals surface area contributed by atoms with Gasteiger partial charge in [-0.05, 0) is 37.8 Å². The van der Waals surface area contributed by atoms with Gasteiger partial charge < -0.3 is 10.6 Å². The van der Waals surface area contributed by atoms with Gasteiger partial charge in [-0.2, -0.15) is 0 Å². The molecule has 0 aromatic carbocycles. The zero-order chi connectivity index (χ0) is 10.9. The molecule has 2 fully saturated rings. The number of hydrogen-bond acceptors (Lipinski definition) is 2. The lowest BCUT2D eigenvalue weighted by Gasteiger charge is -2.22. The Morgan fingerprint density at radius 2 is 2.06 bits per heavy atom. The first-order valence-corrected chi connectivity index (χ1v) is 6.66. The predicted molar refractivity (Wildman–Crippen MR) is 71.3 cm³/mol. The lowest BCUT2D eigenvalue weighted by Crippen LogP contribution is -2.40. The highest BCUT2D eigenvalue weighted by Crippen LogP contribution is 2.50. The first kappa shape index (κ1) is 14.3. The molecule has 1 amide bonds. The van der Waals surface area contributed by atoms with E-state index in [1.807, 2.05) is 0 Å². The maximum atomic E-state index is 11.8. The molecule has 1 aliphatic heterocycles. The fraction of sp³-hybridized carbons (Fsp3) is 0.909. The molecule has 2 N–H and O–H groups in total. The zero-order valence-electron chi connectivity index (χ0n) is 9.59. The summed E-state index contributed by atoms with van der Waals surface area (Å²) in [5.74, 6) is 0.492. The molecule has 0 radical (unpaired) electrons. The molecular weight excluding hydrogens is 291 g/mol. The average Bonchev–Trinajstić information content (AvgIpc) is 2.85. The number of alkyl halides is 1. The van der Waals surface area contributed by atoms with Gasteiger partial charge in [-0.15, -0.1) is 12.4 Å². The third-order valence-corrected chi connectivity index (χ3v) is 5.05. The van der Waals surface area contributed by atoms with Gasteiger partial charge in [0.05, 0.1) is 0 Å². The summed E-state index contributed by atoms with van der Waals surface area (Å²) in [5.41, 5.74) is 0.308. The molecule has 1 saturated heterocycles. The van der Waals surface area contributed by atoms with Gasteiger partial charge in [0.1, 0.15) is 0 Å². The third kappa shape index (κ3) is 3.34. The van der Waals surface area contributed by atoms with Crippen LogP contribution in [0.15, 0.2) is 0 Å². The molecule has 16 heavy (non-hydrogen) atoms. The van der Waals surface area contributed by atoms with Crippen LogP contribution in [0, 0.1) is 11.3 Å². The van der Waals surface area contributed by atoms with E-state index >= 15 is 0 Å². The molecule has 1 heterocycles. The van der Waals surface area contributed by atoms with Gasteiger partial charge in [-0.25, -0.2) is 0 Å². The highest BCUT2D eigenvalue weighted by molar-refractivity contribution is 9.09. The summed E-state index contributed by atoms with van der Waals surface area (Å²) in [7, 11) is 0. The normalized spacial score (nSPS) is 34.0. The fourth-order valence-electron chi connectivity index (χ4n) is 2.05. The molecule has 2 aliphatic rings. The van der Waals surface area contributed by atoms with Crippen LogP contribution in [-0.4, -0.2) is 30.4 Å². The van der Waals surface area contributed by atoms with E-state index in [2.05, 4.69) is 33.5 Å². The highest BCUT2D eigenvalue weighted by Gasteiger charge is 2.48. The van der Waals surface area contributed by atoms with E-state index in [0.29, 0.717) is 10.2 Å². The van der Waals surface area contributed by atoms with Crippen LogP contribution < -0.4 is 10.6 Å². The molecule has 2 rings (SSSR count). The Bertz CT molecular complexity index is 258. The third-order valence-electron chi connectivity index (χ3n) is 3.62. The van der Waals surface area contributed by atoms with Crippen LogP contribution in [0.4, 0.5) is 0 Å².